The molecular weight excluding hydrogens is 252 g/mol. The fourth-order valence-corrected chi connectivity index (χ4v) is 1.99. The average Bonchev–Trinajstić information content (AvgIpc) is 2.80. The molecule has 2 rings (SSSR count). The summed E-state index contributed by atoms with van der Waals surface area (Å²) in [5.41, 5.74) is 1.87. The second kappa shape index (κ2) is 5.30. The van der Waals surface area contributed by atoms with Crippen LogP contribution >= 0.6 is 0 Å². The minimum atomic E-state index is -3.67. The molecular formula is C11H14N4O2S. The van der Waals surface area contributed by atoms with E-state index in [9.17, 15) is 8.42 Å². The number of rotatable bonds is 5. The van der Waals surface area contributed by atoms with E-state index in [2.05, 4.69) is 9.82 Å². The van der Waals surface area contributed by atoms with Gasteiger partial charge in [-0.2, -0.15) is 18.2 Å². The summed E-state index contributed by atoms with van der Waals surface area (Å²) in [5.74, 6) is 0. The van der Waals surface area contributed by atoms with Gasteiger partial charge in [0, 0.05) is 18.9 Å². The molecule has 0 saturated carbocycles. The van der Waals surface area contributed by atoms with E-state index < -0.39 is 10.2 Å². The topological polar surface area (TPSA) is 90.0 Å². The summed E-state index contributed by atoms with van der Waals surface area (Å²) in [6.07, 6.45) is 3.55. The number of benzene rings is 1. The van der Waals surface area contributed by atoms with Gasteiger partial charge in [0.25, 0.3) is 10.2 Å². The first kappa shape index (κ1) is 12.7. The maximum absolute atomic E-state index is 10.9. The van der Waals surface area contributed by atoms with Crippen molar-refractivity contribution >= 4 is 10.2 Å². The monoisotopic (exact) mass is 266 g/mol. The van der Waals surface area contributed by atoms with Crippen LogP contribution in [0.5, 0.6) is 0 Å². The third-order valence-electron chi connectivity index (χ3n) is 2.47. The first-order valence-electron chi connectivity index (χ1n) is 5.36. The van der Waals surface area contributed by atoms with Crippen molar-refractivity contribution in [1.82, 2.24) is 14.5 Å². The zero-order valence-corrected chi connectivity index (χ0v) is 10.5. The molecule has 96 valence electrons. The lowest BCUT2D eigenvalue weighted by atomic mass is 10.1. The zero-order chi connectivity index (χ0) is 13.0. The van der Waals surface area contributed by atoms with Crippen molar-refractivity contribution in [3.63, 3.8) is 0 Å². The molecule has 1 heterocycles. The van der Waals surface area contributed by atoms with Gasteiger partial charge < -0.3 is 0 Å². The van der Waals surface area contributed by atoms with Gasteiger partial charge in [-0.25, -0.2) is 5.14 Å². The molecule has 0 saturated heterocycles. The van der Waals surface area contributed by atoms with E-state index in [1.54, 1.807) is 10.9 Å². The van der Waals surface area contributed by atoms with Crippen LogP contribution in [0.4, 0.5) is 0 Å². The van der Waals surface area contributed by atoms with Crippen molar-refractivity contribution in [2.75, 3.05) is 0 Å². The summed E-state index contributed by atoms with van der Waals surface area (Å²) in [6, 6.07) is 9.38. The van der Waals surface area contributed by atoms with E-state index in [0.29, 0.717) is 6.54 Å². The Morgan fingerprint density at radius 3 is 2.56 bits per heavy atom. The zero-order valence-electron chi connectivity index (χ0n) is 9.65. The van der Waals surface area contributed by atoms with Crippen LogP contribution in [0.3, 0.4) is 0 Å². The third-order valence-corrected chi connectivity index (χ3v) is 3.02. The second-order valence-electron chi connectivity index (χ2n) is 3.84. The lowest BCUT2D eigenvalue weighted by molar-refractivity contribution is 0.582. The molecule has 0 aliphatic carbocycles. The highest BCUT2D eigenvalue weighted by atomic mass is 32.2. The van der Waals surface area contributed by atoms with E-state index >= 15 is 0 Å². The van der Waals surface area contributed by atoms with Crippen LogP contribution in [0.25, 0.3) is 0 Å². The maximum Gasteiger partial charge on any atom is 0.274 e. The normalized spacial score (nSPS) is 11.6. The Morgan fingerprint density at radius 1 is 1.22 bits per heavy atom. The number of hydrogen-bond acceptors (Lipinski definition) is 3. The van der Waals surface area contributed by atoms with Gasteiger partial charge in [0.1, 0.15) is 0 Å². The molecule has 3 N–H and O–H groups in total. The van der Waals surface area contributed by atoms with Gasteiger partial charge in [0.15, 0.2) is 0 Å². The minimum absolute atomic E-state index is 0.177. The number of nitrogens with one attached hydrogen (secondary N) is 1. The summed E-state index contributed by atoms with van der Waals surface area (Å²) in [5, 5.41) is 9.03. The number of hydrogen-bond donors (Lipinski definition) is 2. The quantitative estimate of drug-likeness (QED) is 0.811. The van der Waals surface area contributed by atoms with E-state index in [0.717, 1.165) is 11.1 Å². The van der Waals surface area contributed by atoms with E-state index in [1.165, 1.54) is 0 Å². The highest BCUT2D eigenvalue weighted by molar-refractivity contribution is 7.87. The van der Waals surface area contributed by atoms with Gasteiger partial charge in [0.05, 0.1) is 6.54 Å². The van der Waals surface area contributed by atoms with Crippen molar-refractivity contribution in [2.45, 2.75) is 13.1 Å². The molecule has 0 aliphatic heterocycles. The highest BCUT2D eigenvalue weighted by Crippen LogP contribution is 2.10. The molecule has 0 unspecified atom stereocenters. The van der Waals surface area contributed by atoms with Crippen LogP contribution in [0.1, 0.15) is 11.1 Å². The van der Waals surface area contributed by atoms with Gasteiger partial charge >= 0.3 is 0 Å². The van der Waals surface area contributed by atoms with Crippen LogP contribution < -0.4 is 9.86 Å². The molecule has 0 atom stereocenters. The fourth-order valence-electron chi connectivity index (χ4n) is 1.63. The first-order chi connectivity index (χ1) is 8.54. The number of nitrogens with zero attached hydrogens (tertiary/aromatic N) is 2. The predicted octanol–water partition coefficient (Wildman–Crippen LogP) is 0.224. The first-order valence-corrected chi connectivity index (χ1v) is 6.91. The molecule has 0 aliphatic rings. The molecule has 0 fully saturated rings. The van der Waals surface area contributed by atoms with E-state index in [-0.39, 0.29) is 6.54 Å². The lowest BCUT2D eigenvalue weighted by Gasteiger charge is -2.09. The van der Waals surface area contributed by atoms with Gasteiger partial charge in [-0.3, -0.25) is 4.68 Å². The largest absolute Gasteiger partial charge is 0.274 e. The summed E-state index contributed by atoms with van der Waals surface area (Å²) < 4.78 is 25.8. The van der Waals surface area contributed by atoms with Crippen molar-refractivity contribution in [3.8, 4) is 0 Å². The SMILES string of the molecule is NS(=O)(=O)NCc1ccccc1Cn1cccn1. The van der Waals surface area contributed by atoms with Crippen LogP contribution in [0.15, 0.2) is 42.7 Å². The number of nitrogens with two attached hydrogens (primary N) is 1. The summed E-state index contributed by atoms with van der Waals surface area (Å²) in [6.45, 7) is 0.770. The Kier molecular flexibility index (Phi) is 3.75. The Balaban J connectivity index is 2.15. The van der Waals surface area contributed by atoms with Gasteiger partial charge in [-0.1, -0.05) is 24.3 Å². The lowest BCUT2D eigenvalue weighted by Crippen LogP contribution is -2.30. The molecule has 0 radical (unpaired) electrons. The average molecular weight is 266 g/mol. The molecule has 0 amide bonds. The highest BCUT2D eigenvalue weighted by Gasteiger charge is 2.06. The Labute approximate surface area is 106 Å². The third kappa shape index (κ3) is 3.66. The molecule has 0 spiro atoms. The standard InChI is InChI=1S/C11H14N4O2S/c12-18(16,17)14-8-10-4-1-2-5-11(10)9-15-7-3-6-13-15/h1-7,14H,8-9H2,(H2,12,16,17). The van der Waals surface area contributed by atoms with Crippen molar-refractivity contribution < 1.29 is 8.42 Å². The molecule has 18 heavy (non-hydrogen) atoms. The molecule has 0 bridgehead atoms. The summed E-state index contributed by atoms with van der Waals surface area (Å²) in [7, 11) is -3.67. The van der Waals surface area contributed by atoms with E-state index in [4.69, 9.17) is 5.14 Å². The number of aromatic nitrogens is 2. The fraction of sp³-hybridized carbons (Fsp3) is 0.182. The molecule has 1 aromatic carbocycles. The van der Waals surface area contributed by atoms with E-state index in [1.807, 2.05) is 36.5 Å². The Bertz CT molecular complexity index is 608. The van der Waals surface area contributed by atoms with Crippen LogP contribution in [0.2, 0.25) is 0 Å². The van der Waals surface area contributed by atoms with Crippen molar-refractivity contribution in [2.24, 2.45) is 5.14 Å². The Morgan fingerprint density at radius 2 is 1.94 bits per heavy atom. The van der Waals surface area contributed by atoms with Gasteiger partial charge in [-0.05, 0) is 17.2 Å². The molecule has 6 nitrogen and oxygen atoms in total. The molecule has 7 heteroatoms. The smallest absolute Gasteiger partial charge is 0.268 e. The van der Waals surface area contributed by atoms with Crippen LogP contribution in [-0.4, -0.2) is 18.2 Å². The summed E-state index contributed by atoms with van der Waals surface area (Å²) >= 11 is 0. The Hall–Kier alpha value is -1.70. The predicted molar refractivity (Wildman–Crippen MR) is 67.7 cm³/mol. The van der Waals surface area contributed by atoms with Crippen molar-refractivity contribution in [1.29, 1.82) is 0 Å². The summed E-state index contributed by atoms with van der Waals surface area (Å²) in [4.78, 5) is 0. The van der Waals surface area contributed by atoms with Crippen LogP contribution in [-0.2, 0) is 23.3 Å². The second-order valence-corrected chi connectivity index (χ2v) is 5.22. The maximum atomic E-state index is 10.9. The van der Waals surface area contributed by atoms with Gasteiger partial charge in [-0.15, -0.1) is 0 Å². The van der Waals surface area contributed by atoms with Gasteiger partial charge in [0.2, 0.25) is 0 Å². The molecule has 2 aromatic rings. The minimum Gasteiger partial charge on any atom is -0.268 e. The van der Waals surface area contributed by atoms with Crippen molar-refractivity contribution in [3.05, 3.63) is 53.9 Å². The molecule has 1 aromatic heterocycles. The van der Waals surface area contributed by atoms with Crippen LogP contribution in [0, 0.1) is 0 Å².